The number of amides is 1. The number of aromatic nitrogens is 2. The number of carbonyl (C=O) groups excluding carboxylic acids is 1. The molecule has 2 aliphatic heterocycles. The summed E-state index contributed by atoms with van der Waals surface area (Å²) in [5, 5.41) is 17.3. The van der Waals surface area contributed by atoms with Crippen LogP contribution in [-0.4, -0.2) is 58.9 Å². The zero-order valence-electron chi connectivity index (χ0n) is 22.1. The van der Waals surface area contributed by atoms with Crippen molar-refractivity contribution in [1.82, 2.24) is 25.1 Å². The summed E-state index contributed by atoms with van der Waals surface area (Å²) >= 11 is 0. The molecule has 5 rings (SSSR count). The SMILES string of the molecule is CNC(=O)c1cc(C)c(C2=CCN(Cc3cc4c(N5C=CC(NC)=CC5O)ccnc4n3C)CC2)c(F)c1. The first kappa shape index (κ1) is 25.7. The molecule has 0 aliphatic carbocycles. The third-order valence-electron chi connectivity index (χ3n) is 7.38. The first-order valence-electron chi connectivity index (χ1n) is 12.7. The Morgan fingerprint density at radius 2 is 2.08 bits per heavy atom. The summed E-state index contributed by atoms with van der Waals surface area (Å²) in [5.41, 5.74) is 6.38. The maximum Gasteiger partial charge on any atom is 0.251 e. The highest BCUT2D eigenvalue weighted by Gasteiger charge is 2.23. The van der Waals surface area contributed by atoms with E-state index in [2.05, 4.69) is 37.2 Å². The molecule has 38 heavy (non-hydrogen) atoms. The molecule has 0 spiro atoms. The molecule has 0 saturated heterocycles. The minimum atomic E-state index is -0.781. The monoisotopic (exact) mass is 516 g/mol. The molecule has 8 nitrogen and oxygen atoms in total. The number of rotatable bonds is 6. The lowest BCUT2D eigenvalue weighted by molar-refractivity contribution is 0.0962. The van der Waals surface area contributed by atoms with Gasteiger partial charge >= 0.3 is 0 Å². The number of allylic oxidation sites excluding steroid dienone is 1. The molecule has 0 fully saturated rings. The molecule has 198 valence electrons. The third kappa shape index (κ3) is 4.70. The Morgan fingerprint density at radius 3 is 2.74 bits per heavy atom. The number of likely N-dealkylation sites (N-methyl/N-ethyl adjacent to an activating group) is 1. The van der Waals surface area contributed by atoms with E-state index in [1.807, 2.05) is 44.3 Å². The number of nitrogens with one attached hydrogen (secondary N) is 2. The average molecular weight is 517 g/mol. The Morgan fingerprint density at radius 1 is 1.26 bits per heavy atom. The number of benzene rings is 1. The van der Waals surface area contributed by atoms with Gasteiger partial charge in [-0.1, -0.05) is 6.08 Å². The van der Waals surface area contributed by atoms with E-state index in [1.54, 1.807) is 25.4 Å². The lowest BCUT2D eigenvalue weighted by atomic mass is 9.93. The van der Waals surface area contributed by atoms with Crippen molar-refractivity contribution < 1.29 is 14.3 Å². The van der Waals surface area contributed by atoms with Gasteiger partial charge in [0.15, 0.2) is 6.23 Å². The number of nitrogens with zero attached hydrogens (tertiary/aromatic N) is 4. The lowest BCUT2D eigenvalue weighted by Crippen LogP contribution is -2.32. The largest absolute Gasteiger partial charge is 0.388 e. The van der Waals surface area contributed by atoms with Gasteiger partial charge in [0.25, 0.3) is 5.91 Å². The van der Waals surface area contributed by atoms with Gasteiger partial charge in [0, 0.05) is 81.1 Å². The van der Waals surface area contributed by atoms with E-state index in [0.717, 1.165) is 58.8 Å². The van der Waals surface area contributed by atoms with E-state index in [9.17, 15) is 14.3 Å². The topological polar surface area (TPSA) is 85.7 Å². The van der Waals surface area contributed by atoms with Crippen molar-refractivity contribution in [2.24, 2.45) is 7.05 Å². The van der Waals surface area contributed by atoms with Gasteiger partial charge in [-0.25, -0.2) is 9.37 Å². The van der Waals surface area contributed by atoms with Crippen LogP contribution in [0.2, 0.25) is 0 Å². The average Bonchev–Trinajstić information content (AvgIpc) is 3.23. The van der Waals surface area contributed by atoms with Crippen LogP contribution in [-0.2, 0) is 13.6 Å². The maximum absolute atomic E-state index is 15.0. The van der Waals surface area contributed by atoms with Crippen molar-refractivity contribution in [1.29, 1.82) is 0 Å². The highest BCUT2D eigenvalue weighted by molar-refractivity contribution is 5.95. The number of anilines is 1. The number of fused-ring (bicyclic) bond motifs is 1. The summed E-state index contributed by atoms with van der Waals surface area (Å²) < 4.78 is 17.1. The van der Waals surface area contributed by atoms with Crippen molar-refractivity contribution in [2.75, 3.05) is 32.1 Å². The van der Waals surface area contributed by atoms with Gasteiger partial charge < -0.3 is 25.2 Å². The molecule has 1 amide bonds. The zero-order chi connectivity index (χ0) is 27.0. The summed E-state index contributed by atoms with van der Waals surface area (Å²) in [6.45, 7) is 4.05. The fourth-order valence-corrected chi connectivity index (χ4v) is 5.31. The Bertz CT molecular complexity index is 1460. The Balaban J connectivity index is 1.36. The number of hydrogen-bond acceptors (Lipinski definition) is 6. The highest BCUT2D eigenvalue weighted by atomic mass is 19.1. The summed E-state index contributed by atoms with van der Waals surface area (Å²) in [4.78, 5) is 20.7. The van der Waals surface area contributed by atoms with Crippen molar-refractivity contribution in [2.45, 2.75) is 26.1 Å². The molecule has 1 aromatic carbocycles. The maximum atomic E-state index is 15.0. The van der Waals surface area contributed by atoms with Crippen LogP contribution < -0.4 is 15.5 Å². The predicted molar refractivity (Wildman–Crippen MR) is 148 cm³/mol. The summed E-state index contributed by atoms with van der Waals surface area (Å²) in [5.74, 6) is -0.652. The summed E-state index contributed by atoms with van der Waals surface area (Å²) in [7, 11) is 5.37. The molecule has 1 atom stereocenters. The van der Waals surface area contributed by atoms with E-state index >= 15 is 0 Å². The normalized spacial score (nSPS) is 17.9. The molecule has 9 heteroatoms. The van der Waals surface area contributed by atoms with Gasteiger partial charge in [-0.3, -0.25) is 9.69 Å². The second-order valence-corrected chi connectivity index (χ2v) is 9.71. The Hall–Kier alpha value is -3.95. The molecule has 3 aromatic rings. The second-order valence-electron chi connectivity index (χ2n) is 9.71. The number of carbonyl (C=O) groups is 1. The van der Waals surface area contributed by atoms with Gasteiger partial charge in [-0.05, 0) is 60.9 Å². The quantitative estimate of drug-likeness (QED) is 0.466. The van der Waals surface area contributed by atoms with Crippen molar-refractivity contribution in [3.05, 3.63) is 88.8 Å². The van der Waals surface area contributed by atoms with E-state index in [1.165, 1.54) is 6.07 Å². The number of pyridine rings is 1. The van der Waals surface area contributed by atoms with Gasteiger partial charge in [-0.2, -0.15) is 0 Å². The Labute approximate surface area is 221 Å². The molecule has 0 bridgehead atoms. The van der Waals surface area contributed by atoms with E-state index in [0.29, 0.717) is 17.7 Å². The molecule has 0 radical (unpaired) electrons. The van der Waals surface area contributed by atoms with Crippen LogP contribution in [0.25, 0.3) is 16.6 Å². The number of aliphatic hydroxyl groups is 1. The van der Waals surface area contributed by atoms with E-state index < -0.39 is 6.23 Å². The van der Waals surface area contributed by atoms with Crippen LogP contribution in [0, 0.1) is 12.7 Å². The van der Waals surface area contributed by atoms with Gasteiger partial charge in [0.2, 0.25) is 0 Å². The number of aryl methyl sites for hydroxylation is 2. The van der Waals surface area contributed by atoms with Crippen LogP contribution >= 0.6 is 0 Å². The summed E-state index contributed by atoms with van der Waals surface area (Å²) in [6, 6.07) is 7.11. The fraction of sp³-hybridized carbons (Fsp3) is 0.310. The van der Waals surface area contributed by atoms with Crippen LogP contribution in [0.4, 0.5) is 10.1 Å². The first-order valence-corrected chi connectivity index (χ1v) is 12.7. The Kier molecular flexibility index (Phi) is 7.05. The standard InChI is InChI=1S/C29H33FN6O2/c1-18-13-20(29(38)32-3)14-24(30)27(18)19-6-10-35(11-7-19)17-22-16-23-25(5-9-33-28(23)34(22)4)36-12-8-21(31-2)15-26(36)37/h5-6,8-9,12-16,26,31,37H,7,10-11,17H2,1-4H3,(H,32,38). The number of aliphatic hydroxyl groups excluding tert-OH is 1. The van der Waals surface area contributed by atoms with E-state index in [4.69, 9.17) is 0 Å². The van der Waals surface area contributed by atoms with Crippen LogP contribution in [0.3, 0.4) is 0 Å². The number of halogens is 1. The predicted octanol–water partition coefficient (Wildman–Crippen LogP) is 3.43. The first-order chi connectivity index (χ1) is 18.3. The second kappa shape index (κ2) is 10.4. The van der Waals surface area contributed by atoms with Gasteiger partial charge in [-0.15, -0.1) is 0 Å². The van der Waals surface area contributed by atoms with Crippen LogP contribution in [0.5, 0.6) is 0 Å². The summed E-state index contributed by atoms with van der Waals surface area (Å²) in [6.07, 6.45) is 9.36. The van der Waals surface area contributed by atoms with Crippen molar-refractivity contribution >= 4 is 28.2 Å². The minimum absolute atomic E-state index is 0.292. The van der Waals surface area contributed by atoms with E-state index in [-0.39, 0.29) is 11.7 Å². The molecule has 2 aromatic heterocycles. The smallest absolute Gasteiger partial charge is 0.251 e. The minimum Gasteiger partial charge on any atom is -0.388 e. The molecule has 4 heterocycles. The van der Waals surface area contributed by atoms with Crippen molar-refractivity contribution in [3.63, 3.8) is 0 Å². The number of hydrogen-bond donors (Lipinski definition) is 3. The zero-order valence-corrected chi connectivity index (χ0v) is 22.1. The molecular weight excluding hydrogens is 483 g/mol. The van der Waals surface area contributed by atoms with Crippen molar-refractivity contribution in [3.8, 4) is 0 Å². The molecular formula is C29H33FN6O2. The molecule has 2 aliphatic rings. The molecule has 1 unspecified atom stereocenters. The molecule has 3 N–H and O–H groups in total. The van der Waals surface area contributed by atoms with Crippen LogP contribution in [0.1, 0.15) is 33.6 Å². The van der Waals surface area contributed by atoms with Gasteiger partial charge in [0.05, 0.1) is 5.69 Å². The highest BCUT2D eigenvalue weighted by Crippen LogP contribution is 2.33. The van der Waals surface area contributed by atoms with Crippen LogP contribution in [0.15, 0.2) is 60.6 Å². The fourth-order valence-electron chi connectivity index (χ4n) is 5.31. The van der Waals surface area contributed by atoms with Gasteiger partial charge in [0.1, 0.15) is 11.5 Å². The lowest BCUT2D eigenvalue weighted by Gasteiger charge is -2.28. The third-order valence-corrected chi connectivity index (χ3v) is 7.38. The molecule has 0 saturated carbocycles.